The molecule has 1 saturated heterocycles. The molecule has 1 unspecified atom stereocenters. The number of anilines is 1. The van der Waals surface area contributed by atoms with Gasteiger partial charge >= 0.3 is 0 Å². The lowest BCUT2D eigenvalue weighted by Gasteiger charge is -2.33. The van der Waals surface area contributed by atoms with Crippen LogP contribution in [0.15, 0.2) is 43.0 Å². The van der Waals surface area contributed by atoms with Crippen LogP contribution in [0, 0.1) is 0 Å². The molecule has 0 bridgehead atoms. The van der Waals surface area contributed by atoms with Crippen molar-refractivity contribution in [2.75, 3.05) is 24.5 Å². The summed E-state index contributed by atoms with van der Waals surface area (Å²) in [6.07, 6.45) is 8.21. The van der Waals surface area contributed by atoms with E-state index in [1.807, 2.05) is 17.0 Å². The second-order valence-corrected chi connectivity index (χ2v) is 8.02. The van der Waals surface area contributed by atoms with E-state index in [1.165, 1.54) is 6.42 Å². The minimum Gasteiger partial charge on any atom is -0.508 e. The highest BCUT2D eigenvalue weighted by Crippen LogP contribution is 2.34. The third-order valence-corrected chi connectivity index (χ3v) is 5.91. The lowest BCUT2D eigenvalue weighted by atomic mass is 9.91. The monoisotopic (exact) mass is 450 g/mol. The van der Waals surface area contributed by atoms with Crippen LogP contribution in [0.25, 0.3) is 0 Å². The highest BCUT2D eigenvalue weighted by atomic mass is 16.3. The minimum atomic E-state index is -0.250. The highest BCUT2D eigenvalue weighted by Gasteiger charge is 2.30. The van der Waals surface area contributed by atoms with Crippen molar-refractivity contribution in [2.45, 2.75) is 31.7 Å². The van der Waals surface area contributed by atoms with E-state index in [2.05, 4.69) is 24.8 Å². The molecule has 2 aliphatic heterocycles. The number of carbonyl (C=O) groups is 2. The number of hydrogen-bond acceptors (Lipinski definition) is 7. The summed E-state index contributed by atoms with van der Waals surface area (Å²) in [6.45, 7) is 2.56. The van der Waals surface area contributed by atoms with Crippen molar-refractivity contribution in [1.82, 2.24) is 24.8 Å². The standard InChI is InChI=1S/C22H24N6O2.CH2O2/c29-16-6-4-5-15(9-16)17-12-28(13-19-21(17)25-14-24-19)20-11-23-10-18(26-20)22(30)27-7-2-1-3-8-27;2-1-3/h4-6,9-11,14,17,29H,1-3,7-8,12-13H2,(H,24,25);1H,(H,2,3). The average molecular weight is 450 g/mol. The fourth-order valence-corrected chi connectivity index (χ4v) is 4.37. The normalized spacial score (nSPS) is 17.5. The number of aromatic hydroxyl groups is 1. The van der Waals surface area contributed by atoms with E-state index >= 15 is 0 Å². The quantitative estimate of drug-likeness (QED) is 0.518. The van der Waals surface area contributed by atoms with E-state index in [-0.39, 0.29) is 24.0 Å². The molecule has 1 aromatic carbocycles. The van der Waals surface area contributed by atoms with Gasteiger partial charge in [0.1, 0.15) is 17.3 Å². The maximum atomic E-state index is 12.9. The molecule has 5 rings (SSSR count). The van der Waals surface area contributed by atoms with Gasteiger partial charge in [0.2, 0.25) is 0 Å². The topological polar surface area (TPSA) is 136 Å². The van der Waals surface area contributed by atoms with E-state index in [9.17, 15) is 9.90 Å². The Labute approximate surface area is 190 Å². The van der Waals surface area contributed by atoms with Crippen LogP contribution in [-0.4, -0.2) is 67.1 Å². The number of nitrogens with one attached hydrogen (secondary N) is 1. The Kier molecular flexibility index (Phi) is 6.82. The molecular formula is C23H26N6O4. The largest absolute Gasteiger partial charge is 0.508 e. The minimum absolute atomic E-state index is 0.0182. The van der Waals surface area contributed by atoms with Gasteiger partial charge in [-0.3, -0.25) is 14.6 Å². The van der Waals surface area contributed by atoms with Gasteiger partial charge in [-0.1, -0.05) is 12.1 Å². The van der Waals surface area contributed by atoms with E-state index in [1.54, 1.807) is 30.9 Å². The van der Waals surface area contributed by atoms with Crippen LogP contribution >= 0.6 is 0 Å². The molecule has 10 heteroatoms. The van der Waals surface area contributed by atoms with E-state index in [0.717, 1.165) is 42.9 Å². The second-order valence-electron chi connectivity index (χ2n) is 8.02. The second kappa shape index (κ2) is 10.1. The molecule has 1 fully saturated rings. The van der Waals surface area contributed by atoms with E-state index < -0.39 is 0 Å². The molecule has 0 aliphatic carbocycles. The number of aromatic nitrogens is 4. The predicted octanol–water partition coefficient (Wildman–Crippen LogP) is 2.38. The van der Waals surface area contributed by atoms with Crippen molar-refractivity contribution in [3.8, 4) is 5.75 Å². The summed E-state index contributed by atoms with van der Waals surface area (Å²) in [4.78, 5) is 41.9. The first kappa shape index (κ1) is 22.3. The number of carbonyl (C=O) groups excluding carboxylic acids is 1. The van der Waals surface area contributed by atoms with Crippen LogP contribution in [0.2, 0.25) is 0 Å². The number of fused-ring (bicyclic) bond motifs is 1. The first-order valence-corrected chi connectivity index (χ1v) is 10.9. The van der Waals surface area contributed by atoms with Gasteiger partial charge in [-0.2, -0.15) is 0 Å². The maximum absolute atomic E-state index is 12.9. The number of phenols is 1. The fourth-order valence-electron chi connectivity index (χ4n) is 4.37. The predicted molar refractivity (Wildman–Crippen MR) is 120 cm³/mol. The Hall–Kier alpha value is -3.95. The van der Waals surface area contributed by atoms with Crippen molar-refractivity contribution in [3.05, 3.63) is 65.6 Å². The third-order valence-electron chi connectivity index (χ3n) is 5.91. The van der Waals surface area contributed by atoms with Crippen LogP contribution in [0.1, 0.15) is 52.6 Å². The number of nitrogens with zero attached hydrogens (tertiary/aromatic N) is 5. The number of phenolic OH excluding ortho intramolecular Hbond substituents is 1. The number of rotatable bonds is 3. The zero-order valence-electron chi connectivity index (χ0n) is 18.1. The number of hydrogen-bond donors (Lipinski definition) is 3. The molecule has 0 radical (unpaired) electrons. The molecule has 1 atom stereocenters. The van der Waals surface area contributed by atoms with Crippen LogP contribution in [0.3, 0.4) is 0 Å². The first-order valence-electron chi connectivity index (χ1n) is 10.9. The van der Waals surface area contributed by atoms with Gasteiger partial charge in [-0.05, 0) is 37.0 Å². The summed E-state index contributed by atoms with van der Waals surface area (Å²) in [5.74, 6) is 0.835. The summed E-state index contributed by atoms with van der Waals surface area (Å²) in [7, 11) is 0. The number of aromatic amines is 1. The fraction of sp³-hybridized carbons (Fsp3) is 0.348. The number of imidazole rings is 1. The number of piperidine rings is 1. The number of benzene rings is 1. The zero-order chi connectivity index (χ0) is 23.2. The summed E-state index contributed by atoms with van der Waals surface area (Å²) in [5, 5.41) is 16.8. The molecule has 172 valence electrons. The van der Waals surface area contributed by atoms with Crippen molar-refractivity contribution >= 4 is 18.2 Å². The molecule has 0 saturated carbocycles. The molecular weight excluding hydrogens is 424 g/mol. The maximum Gasteiger partial charge on any atom is 0.290 e. The summed E-state index contributed by atoms with van der Waals surface area (Å²) in [5.41, 5.74) is 3.36. The molecule has 3 aromatic rings. The lowest BCUT2D eigenvalue weighted by molar-refractivity contribution is -0.122. The molecule has 2 aliphatic rings. The van der Waals surface area contributed by atoms with Crippen LogP contribution in [0.5, 0.6) is 5.75 Å². The molecule has 10 nitrogen and oxygen atoms in total. The Morgan fingerprint density at radius 1 is 1.18 bits per heavy atom. The Morgan fingerprint density at radius 3 is 2.73 bits per heavy atom. The number of carboxylic acid groups (broad SMARTS) is 1. The molecule has 0 spiro atoms. The molecule has 3 N–H and O–H groups in total. The van der Waals surface area contributed by atoms with Gasteiger partial charge in [0.25, 0.3) is 12.4 Å². The van der Waals surface area contributed by atoms with Crippen molar-refractivity contribution < 1.29 is 19.8 Å². The van der Waals surface area contributed by atoms with E-state index in [0.29, 0.717) is 24.6 Å². The Bertz CT molecular complexity index is 1110. The van der Waals surface area contributed by atoms with Gasteiger partial charge in [-0.15, -0.1) is 0 Å². The van der Waals surface area contributed by atoms with Crippen molar-refractivity contribution in [3.63, 3.8) is 0 Å². The average Bonchev–Trinajstić information content (AvgIpc) is 3.33. The number of likely N-dealkylation sites (tertiary alicyclic amines) is 1. The SMILES string of the molecule is O=C(c1cncc(N2Cc3[nH]cnc3C(c3cccc(O)c3)C2)n1)N1CCCCC1.O=CO. The first-order chi connectivity index (χ1) is 16.1. The number of H-pyrrole nitrogens is 1. The molecule has 4 heterocycles. The third kappa shape index (κ3) is 4.94. The van der Waals surface area contributed by atoms with Gasteiger partial charge in [0.05, 0.1) is 36.7 Å². The summed E-state index contributed by atoms with van der Waals surface area (Å²) in [6, 6.07) is 7.27. The van der Waals surface area contributed by atoms with Crippen molar-refractivity contribution in [2.24, 2.45) is 0 Å². The smallest absolute Gasteiger partial charge is 0.290 e. The zero-order valence-corrected chi connectivity index (χ0v) is 18.1. The van der Waals surface area contributed by atoms with Crippen LogP contribution < -0.4 is 4.90 Å². The summed E-state index contributed by atoms with van der Waals surface area (Å²) < 4.78 is 0. The van der Waals surface area contributed by atoms with Crippen LogP contribution in [-0.2, 0) is 11.3 Å². The molecule has 33 heavy (non-hydrogen) atoms. The van der Waals surface area contributed by atoms with Crippen LogP contribution in [0.4, 0.5) is 5.82 Å². The van der Waals surface area contributed by atoms with Crippen molar-refractivity contribution in [1.29, 1.82) is 0 Å². The van der Waals surface area contributed by atoms with Gasteiger partial charge in [0.15, 0.2) is 0 Å². The van der Waals surface area contributed by atoms with Gasteiger partial charge < -0.3 is 25.0 Å². The lowest BCUT2D eigenvalue weighted by Crippen LogP contribution is -2.37. The van der Waals surface area contributed by atoms with E-state index in [4.69, 9.17) is 9.90 Å². The summed E-state index contributed by atoms with van der Waals surface area (Å²) >= 11 is 0. The van der Waals surface area contributed by atoms with Gasteiger partial charge in [-0.25, -0.2) is 9.97 Å². The Morgan fingerprint density at radius 2 is 1.97 bits per heavy atom. The molecule has 1 amide bonds. The number of amides is 1. The molecule has 2 aromatic heterocycles. The highest BCUT2D eigenvalue weighted by molar-refractivity contribution is 5.92. The Balaban J connectivity index is 0.000000821. The van der Waals surface area contributed by atoms with Gasteiger partial charge in [0, 0.05) is 25.6 Å².